The van der Waals surface area contributed by atoms with Gasteiger partial charge in [0, 0.05) is 22.3 Å². The van der Waals surface area contributed by atoms with Crippen molar-refractivity contribution < 1.29 is 8.42 Å². The highest BCUT2D eigenvalue weighted by Gasteiger charge is 2.09. The van der Waals surface area contributed by atoms with Crippen molar-refractivity contribution >= 4 is 21.4 Å². The molecule has 0 radical (unpaired) electrons. The molecule has 0 saturated heterocycles. The van der Waals surface area contributed by atoms with E-state index in [0.29, 0.717) is 6.54 Å². The minimum atomic E-state index is -3.61. The van der Waals surface area contributed by atoms with Crippen molar-refractivity contribution in [1.82, 2.24) is 5.32 Å². The number of nitrogens with one attached hydrogen (secondary N) is 1. The molecule has 0 saturated carbocycles. The number of hydrogen-bond acceptors (Lipinski definition) is 4. The van der Waals surface area contributed by atoms with Gasteiger partial charge in [0.2, 0.25) is 10.0 Å². The molecule has 0 fully saturated rings. The number of rotatable bonds is 6. The number of hydrogen-bond donors (Lipinski definition) is 2. The highest BCUT2D eigenvalue weighted by Crippen LogP contribution is 2.23. The van der Waals surface area contributed by atoms with Crippen molar-refractivity contribution in [3.05, 3.63) is 51.7 Å². The van der Waals surface area contributed by atoms with Gasteiger partial charge >= 0.3 is 0 Å². The standard InChI is InChI=1S/C15H20N2O2S2/c1-3-13-6-9-15(20-13)11(2)17-10-12-4-7-14(8-5-12)21(16,18)19/h4-9,11,17H,3,10H2,1-2H3,(H2,16,18,19). The fourth-order valence-electron chi connectivity index (χ4n) is 1.99. The Morgan fingerprint density at radius 2 is 1.86 bits per heavy atom. The van der Waals surface area contributed by atoms with Crippen molar-refractivity contribution in [1.29, 1.82) is 0 Å². The van der Waals surface area contributed by atoms with Crippen molar-refractivity contribution in [2.45, 2.75) is 37.8 Å². The lowest BCUT2D eigenvalue weighted by molar-refractivity contribution is 0.582. The number of sulfonamides is 1. The van der Waals surface area contributed by atoms with Crippen LogP contribution in [0.3, 0.4) is 0 Å². The van der Waals surface area contributed by atoms with Gasteiger partial charge in [0.25, 0.3) is 0 Å². The van der Waals surface area contributed by atoms with Crippen LogP contribution < -0.4 is 10.5 Å². The molecule has 114 valence electrons. The van der Waals surface area contributed by atoms with Gasteiger partial charge in [0.15, 0.2) is 0 Å². The lowest BCUT2D eigenvalue weighted by Crippen LogP contribution is -2.17. The maximum Gasteiger partial charge on any atom is 0.238 e. The fraction of sp³-hybridized carbons (Fsp3) is 0.333. The van der Waals surface area contributed by atoms with Crippen LogP contribution in [0, 0.1) is 0 Å². The molecule has 0 aliphatic carbocycles. The Morgan fingerprint density at radius 3 is 2.38 bits per heavy atom. The van der Waals surface area contributed by atoms with Crippen LogP contribution in [0.5, 0.6) is 0 Å². The average molecular weight is 324 g/mol. The van der Waals surface area contributed by atoms with Crippen LogP contribution >= 0.6 is 11.3 Å². The van der Waals surface area contributed by atoms with Crippen LogP contribution in [0.25, 0.3) is 0 Å². The number of thiophene rings is 1. The Bertz CT molecular complexity index is 691. The quantitative estimate of drug-likeness (QED) is 0.858. The van der Waals surface area contributed by atoms with Crippen LogP contribution in [0.2, 0.25) is 0 Å². The van der Waals surface area contributed by atoms with Gasteiger partial charge in [-0.15, -0.1) is 11.3 Å². The van der Waals surface area contributed by atoms with Gasteiger partial charge in [-0.25, -0.2) is 13.6 Å². The molecule has 1 aromatic carbocycles. The van der Waals surface area contributed by atoms with E-state index in [-0.39, 0.29) is 10.9 Å². The van der Waals surface area contributed by atoms with E-state index in [0.717, 1.165) is 12.0 Å². The van der Waals surface area contributed by atoms with Gasteiger partial charge in [-0.2, -0.15) is 0 Å². The molecule has 0 amide bonds. The van der Waals surface area contributed by atoms with E-state index in [9.17, 15) is 8.42 Å². The normalized spacial score (nSPS) is 13.3. The molecule has 6 heteroatoms. The lowest BCUT2D eigenvalue weighted by atomic mass is 10.2. The summed E-state index contributed by atoms with van der Waals surface area (Å²) >= 11 is 1.82. The Balaban J connectivity index is 1.96. The predicted octanol–water partition coefficient (Wildman–Crippen LogP) is 2.81. The molecule has 1 atom stereocenters. The molecule has 0 bridgehead atoms. The summed E-state index contributed by atoms with van der Waals surface area (Å²) < 4.78 is 22.4. The van der Waals surface area contributed by atoms with E-state index in [1.165, 1.54) is 21.9 Å². The minimum Gasteiger partial charge on any atom is -0.305 e. The van der Waals surface area contributed by atoms with Gasteiger partial charge < -0.3 is 5.32 Å². The first-order valence-electron chi connectivity index (χ1n) is 6.84. The van der Waals surface area contributed by atoms with E-state index >= 15 is 0 Å². The third kappa shape index (κ3) is 4.38. The Hall–Kier alpha value is -1.21. The summed E-state index contributed by atoms with van der Waals surface area (Å²) in [4.78, 5) is 2.84. The maximum absolute atomic E-state index is 11.2. The van der Waals surface area contributed by atoms with E-state index in [1.54, 1.807) is 12.1 Å². The topological polar surface area (TPSA) is 72.2 Å². The summed E-state index contributed by atoms with van der Waals surface area (Å²) in [6.07, 6.45) is 1.06. The Kier molecular flexibility index (Phi) is 5.16. The van der Waals surface area contributed by atoms with Crippen LogP contribution in [0.15, 0.2) is 41.3 Å². The summed E-state index contributed by atoms with van der Waals surface area (Å²) in [5, 5.41) is 8.52. The van der Waals surface area contributed by atoms with Crippen molar-refractivity contribution in [3.63, 3.8) is 0 Å². The zero-order valence-corrected chi connectivity index (χ0v) is 13.8. The lowest BCUT2D eigenvalue weighted by Gasteiger charge is -2.12. The van der Waals surface area contributed by atoms with E-state index in [2.05, 4.69) is 31.3 Å². The predicted molar refractivity (Wildman–Crippen MR) is 86.8 cm³/mol. The van der Waals surface area contributed by atoms with Gasteiger partial charge in [0.05, 0.1) is 4.90 Å². The molecule has 3 N–H and O–H groups in total. The number of benzene rings is 1. The SMILES string of the molecule is CCc1ccc(C(C)NCc2ccc(S(N)(=O)=O)cc2)s1. The van der Waals surface area contributed by atoms with E-state index in [1.807, 2.05) is 11.3 Å². The van der Waals surface area contributed by atoms with Crippen LogP contribution in [0.4, 0.5) is 0 Å². The largest absolute Gasteiger partial charge is 0.305 e. The van der Waals surface area contributed by atoms with Crippen LogP contribution in [-0.4, -0.2) is 8.42 Å². The second kappa shape index (κ2) is 6.70. The molecule has 0 aliphatic rings. The summed E-state index contributed by atoms with van der Waals surface area (Å²) in [5.74, 6) is 0. The number of nitrogens with two attached hydrogens (primary N) is 1. The first kappa shape index (κ1) is 16.2. The Morgan fingerprint density at radius 1 is 1.19 bits per heavy atom. The molecule has 2 aromatic rings. The highest BCUT2D eigenvalue weighted by molar-refractivity contribution is 7.89. The zero-order chi connectivity index (χ0) is 15.5. The third-order valence-electron chi connectivity index (χ3n) is 3.32. The molecule has 0 aliphatic heterocycles. The number of aryl methyl sites for hydroxylation is 1. The second-order valence-electron chi connectivity index (χ2n) is 4.95. The highest BCUT2D eigenvalue weighted by atomic mass is 32.2. The molecule has 1 aromatic heterocycles. The first-order valence-corrected chi connectivity index (χ1v) is 9.20. The van der Waals surface area contributed by atoms with Gasteiger partial charge in [-0.1, -0.05) is 19.1 Å². The zero-order valence-electron chi connectivity index (χ0n) is 12.2. The smallest absolute Gasteiger partial charge is 0.238 e. The summed E-state index contributed by atoms with van der Waals surface area (Å²) in [6, 6.07) is 11.2. The van der Waals surface area contributed by atoms with Gasteiger partial charge in [-0.05, 0) is 43.2 Å². The van der Waals surface area contributed by atoms with Crippen molar-refractivity contribution in [3.8, 4) is 0 Å². The van der Waals surface area contributed by atoms with Crippen LogP contribution in [0.1, 0.15) is 35.2 Å². The maximum atomic E-state index is 11.2. The molecule has 0 spiro atoms. The molecular weight excluding hydrogens is 304 g/mol. The van der Waals surface area contributed by atoms with E-state index < -0.39 is 10.0 Å². The molecule has 21 heavy (non-hydrogen) atoms. The molecule has 1 heterocycles. The summed E-state index contributed by atoms with van der Waals surface area (Å²) in [7, 11) is -3.61. The monoisotopic (exact) mass is 324 g/mol. The molecule has 2 rings (SSSR count). The van der Waals surface area contributed by atoms with Crippen molar-refractivity contribution in [2.75, 3.05) is 0 Å². The Labute approximate surface area is 130 Å². The van der Waals surface area contributed by atoms with Gasteiger partial charge in [0.1, 0.15) is 0 Å². The van der Waals surface area contributed by atoms with E-state index in [4.69, 9.17) is 5.14 Å². The average Bonchev–Trinajstić information content (AvgIpc) is 2.93. The first-order chi connectivity index (χ1) is 9.90. The fourth-order valence-corrected chi connectivity index (χ4v) is 3.48. The summed E-state index contributed by atoms with van der Waals surface area (Å²) in [6.45, 7) is 4.97. The van der Waals surface area contributed by atoms with Crippen LogP contribution in [-0.2, 0) is 23.0 Å². The molecular formula is C15H20N2O2S2. The second-order valence-corrected chi connectivity index (χ2v) is 7.71. The van der Waals surface area contributed by atoms with Crippen molar-refractivity contribution in [2.24, 2.45) is 5.14 Å². The van der Waals surface area contributed by atoms with Gasteiger partial charge in [-0.3, -0.25) is 0 Å². The summed E-state index contributed by atoms with van der Waals surface area (Å²) in [5.41, 5.74) is 1.03. The molecule has 4 nitrogen and oxygen atoms in total. The number of primary sulfonamides is 1. The minimum absolute atomic E-state index is 0.144. The molecule has 1 unspecified atom stereocenters. The third-order valence-corrected chi connectivity index (χ3v) is 5.66.